The van der Waals surface area contributed by atoms with Crippen LogP contribution < -0.4 is 0 Å². The number of amides is 1. The number of likely N-dealkylation sites (tertiary alicyclic amines) is 1. The van der Waals surface area contributed by atoms with E-state index in [0.717, 1.165) is 18.4 Å². The standard InChI is InChI=1S/C16H18ClNO3/c1-10-8-18(9-13(10)14(19)20)15(21)16(6-7-16)11-2-4-12(17)5-3-11/h2-5,10,13H,6-9H2,1H3,(H,19,20)/t10-,13-/m1/s1. The molecular weight excluding hydrogens is 290 g/mol. The van der Waals surface area contributed by atoms with E-state index in [4.69, 9.17) is 11.6 Å². The Labute approximate surface area is 128 Å². The van der Waals surface area contributed by atoms with Gasteiger partial charge < -0.3 is 10.0 Å². The number of carboxylic acids is 1. The summed E-state index contributed by atoms with van der Waals surface area (Å²) in [5.41, 5.74) is 0.542. The molecule has 4 nitrogen and oxygen atoms in total. The zero-order valence-electron chi connectivity index (χ0n) is 11.9. The van der Waals surface area contributed by atoms with Crippen molar-refractivity contribution in [3.05, 3.63) is 34.9 Å². The van der Waals surface area contributed by atoms with Gasteiger partial charge in [-0.3, -0.25) is 9.59 Å². The van der Waals surface area contributed by atoms with Gasteiger partial charge in [-0.05, 0) is 36.5 Å². The average molecular weight is 308 g/mol. The lowest BCUT2D eigenvalue weighted by molar-refractivity contribution is -0.142. The van der Waals surface area contributed by atoms with Gasteiger partial charge in [-0.2, -0.15) is 0 Å². The van der Waals surface area contributed by atoms with Gasteiger partial charge >= 0.3 is 5.97 Å². The number of carboxylic acid groups (broad SMARTS) is 1. The van der Waals surface area contributed by atoms with Gasteiger partial charge in [-0.15, -0.1) is 0 Å². The van der Waals surface area contributed by atoms with Gasteiger partial charge in [-0.25, -0.2) is 0 Å². The van der Waals surface area contributed by atoms with Crippen LogP contribution in [-0.2, 0) is 15.0 Å². The second kappa shape index (κ2) is 5.02. The van der Waals surface area contributed by atoms with E-state index in [1.165, 1.54) is 0 Å². The summed E-state index contributed by atoms with van der Waals surface area (Å²) in [4.78, 5) is 25.8. The molecule has 1 heterocycles. The maximum atomic E-state index is 12.8. The number of halogens is 1. The molecule has 5 heteroatoms. The summed E-state index contributed by atoms with van der Waals surface area (Å²) in [5, 5.41) is 9.85. The molecule has 0 bridgehead atoms. The molecular formula is C16H18ClNO3. The fourth-order valence-electron chi connectivity index (χ4n) is 3.28. The Morgan fingerprint density at radius 2 is 1.86 bits per heavy atom. The van der Waals surface area contributed by atoms with E-state index >= 15 is 0 Å². The summed E-state index contributed by atoms with van der Waals surface area (Å²) in [7, 11) is 0. The molecule has 0 unspecified atom stereocenters. The van der Waals surface area contributed by atoms with Gasteiger partial charge in [0.15, 0.2) is 0 Å². The SMILES string of the molecule is C[C@@H]1CN(C(=O)C2(c3ccc(Cl)cc3)CC2)C[C@H]1C(=O)O. The molecule has 0 aromatic heterocycles. The highest BCUT2D eigenvalue weighted by atomic mass is 35.5. The van der Waals surface area contributed by atoms with Crippen molar-refractivity contribution in [3.8, 4) is 0 Å². The van der Waals surface area contributed by atoms with Crippen LogP contribution in [0.4, 0.5) is 0 Å². The van der Waals surface area contributed by atoms with E-state index in [9.17, 15) is 14.7 Å². The van der Waals surface area contributed by atoms with Gasteiger partial charge in [0.05, 0.1) is 11.3 Å². The number of benzene rings is 1. The number of nitrogens with zero attached hydrogens (tertiary/aromatic N) is 1. The van der Waals surface area contributed by atoms with Gasteiger partial charge in [0.2, 0.25) is 5.91 Å². The summed E-state index contributed by atoms with van der Waals surface area (Å²) in [6.45, 7) is 2.75. The normalized spacial score (nSPS) is 26.7. The first-order valence-corrected chi connectivity index (χ1v) is 7.60. The van der Waals surface area contributed by atoms with Gasteiger partial charge in [0.25, 0.3) is 0 Å². The topological polar surface area (TPSA) is 57.6 Å². The average Bonchev–Trinajstić information content (AvgIpc) is 3.16. The summed E-state index contributed by atoms with van der Waals surface area (Å²) in [5.74, 6) is -1.18. The minimum absolute atomic E-state index is 0.00691. The molecule has 0 radical (unpaired) electrons. The van der Waals surface area contributed by atoms with Crippen LogP contribution in [0.1, 0.15) is 25.3 Å². The lowest BCUT2D eigenvalue weighted by atomic mass is 9.94. The molecule has 21 heavy (non-hydrogen) atoms. The molecule has 1 aliphatic heterocycles. The third-order valence-corrected chi connectivity index (χ3v) is 5.02. The van der Waals surface area contributed by atoms with Crippen molar-refractivity contribution in [2.75, 3.05) is 13.1 Å². The molecule has 1 aliphatic carbocycles. The third kappa shape index (κ3) is 2.42. The lowest BCUT2D eigenvalue weighted by Crippen LogP contribution is -2.38. The fraction of sp³-hybridized carbons (Fsp3) is 0.500. The lowest BCUT2D eigenvalue weighted by Gasteiger charge is -2.23. The van der Waals surface area contributed by atoms with Crippen molar-refractivity contribution in [1.82, 2.24) is 4.90 Å². The number of hydrogen-bond acceptors (Lipinski definition) is 2. The van der Waals surface area contributed by atoms with E-state index < -0.39 is 17.3 Å². The second-order valence-corrected chi connectivity index (χ2v) is 6.66. The predicted molar refractivity (Wildman–Crippen MR) is 79.2 cm³/mol. The maximum Gasteiger partial charge on any atom is 0.308 e. The Bertz CT molecular complexity index is 580. The Hall–Kier alpha value is -1.55. The Kier molecular flexibility index (Phi) is 3.44. The van der Waals surface area contributed by atoms with E-state index in [1.54, 1.807) is 17.0 Å². The van der Waals surface area contributed by atoms with Crippen molar-refractivity contribution < 1.29 is 14.7 Å². The van der Waals surface area contributed by atoms with Gasteiger partial charge in [-0.1, -0.05) is 30.7 Å². The Balaban J connectivity index is 1.80. The first-order chi connectivity index (χ1) is 9.94. The van der Waals surface area contributed by atoms with E-state index in [-0.39, 0.29) is 11.8 Å². The highest BCUT2D eigenvalue weighted by Crippen LogP contribution is 2.50. The zero-order chi connectivity index (χ0) is 15.2. The molecule has 1 saturated heterocycles. The minimum Gasteiger partial charge on any atom is -0.481 e. The first-order valence-electron chi connectivity index (χ1n) is 7.22. The Morgan fingerprint density at radius 1 is 1.24 bits per heavy atom. The molecule has 2 atom stereocenters. The molecule has 2 aliphatic rings. The summed E-state index contributed by atoms with van der Waals surface area (Å²) in [6, 6.07) is 7.41. The molecule has 112 valence electrons. The number of aliphatic carboxylic acids is 1. The molecule has 0 spiro atoms. The zero-order valence-corrected chi connectivity index (χ0v) is 12.6. The van der Waals surface area contributed by atoms with Crippen LogP contribution in [0.25, 0.3) is 0 Å². The van der Waals surface area contributed by atoms with Crippen LogP contribution in [0.15, 0.2) is 24.3 Å². The monoisotopic (exact) mass is 307 g/mol. The Morgan fingerprint density at radius 3 is 2.33 bits per heavy atom. The van der Waals surface area contributed by atoms with Gasteiger partial charge in [0, 0.05) is 18.1 Å². The molecule has 1 amide bonds. The van der Waals surface area contributed by atoms with Crippen LogP contribution >= 0.6 is 11.6 Å². The number of carbonyl (C=O) groups is 2. The largest absolute Gasteiger partial charge is 0.481 e. The molecule has 1 aromatic carbocycles. The predicted octanol–water partition coefficient (Wildman–Crippen LogP) is 2.55. The second-order valence-electron chi connectivity index (χ2n) is 6.22. The highest BCUT2D eigenvalue weighted by Gasteiger charge is 2.54. The van der Waals surface area contributed by atoms with Crippen LogP contribution in [-0.4, -0.2) is 35.0 Å². The smallest absolute Gasteiger partial charge is 0.308 e. The van der Waals surface area contributed by atoms with Crippen molar-refractivity contribution in [1.29, 1.82) is 0 Å². The summed E-state index contributed by atoms with van der Waals surface area (Å²) < 4.78 is 0. The van der Waals surface area contributed by atoms with Crippen molar-refractivity contribution >= 4 is 23.5 Å². The van der Waals surface area contributed by atoms with E-state index in [0.29, 0.717) is 18.1 Å². The van der Waals surface area contributed by atoms with Crippen molar-refractivity contribution in [2.45, 2.75) is 25.2 Å². The minimum atomic E-state index is -0.811. The first kappa shape index (κ1) is 14.4. The van der Waals surface area contributed by atoms with Crippen LogP contribution in [0.3, 0.4) is 0 Å². The van der Waals surface area contributed by atoms with Crippen molar-refractivity contribution in [3.63, 3.8) is 0 Å². The molecule has 2 fully saturated rings. The summed E-state index contributed by atoms with van der Waals surface area (Å²) in [6.07, 6.45) is 1.66. The quantitative estimate of drug-likeness (QED) is 0.933. The van der Waals surface area contributed by atoms with Crippen LogP contribution in [0.2, 0.25) is 5.02 Å². The molecule has 1 N–H and O–H groups in total. The van der Waals surface area contributed by atoms with E-state index in [1.807, 2.05) is 19.1 Å². The number of rotatable bonds is 3. The van der Waals surface area contributed by atoms with Crippen LogP contribution in [0.5, 0.6) is 0 Å². The van der Waals surface area contributed by atoms with Crippen LogP contribution in [0, 0.1) is 11.8 Å². The molecule has 3 rings (SSSR count). The van der Waals surface area contributed by atoms with Gasteiger partial charge in [0.1, 0.15) is 0 Å². The van der Waals surface area contributed by atoms with Crippen molar-refractivity contribution in [2.24, 2.45) is 11.8 Å². The number of carbonyl (C=O) groups excluding carboxylic acids is 1. The fourth-order valence-corrected chi connectivity index (χ4v) is 3.40. The molecule has 1 aromatic rings. The highest BCUT2D eigenvalue weighted by molar-refractivity contribution is 6.30. The van der Waals surface area contributed by atoms with E-state index in [2.05, 4.69) is 0 Å². The third-order valence-electron chi connectivity index (χ3n) is 4.77. The summed E-state index contributed by atoms with van der Waals surface area (Å²) >= 11 is 5.90. The molecule has 1 saturated carbocycles. The number of hydrogen-bond donors (Lipinski definition) is 1. The maximum absolute atomic E-state index is 12.8.